The number of nitrogens with one attached hydrogen (secondary N) is 1. The van der Waals surface area contributed by atoms with Gasteiger partial charge in [-0.2, -0.15) is 13.2 Å². The molecule has 3 N–H and O–H groups in total. The van der Waals surface area contributed by atoms with Crippen molar-refractivity contribution in [1.82, 2.24) is 9.97 Å². The van der Waals surface area contributed by atoms with E-state index in [9.17, 15) is 18.0 Å². The lowest BCUT2D eigenvalue weighted by molar-refractivity contribution is -0.137. The second-order valence-electron chi connectivity index (χ2n) is 7.06. The second-order valence-corrected chi connectivity index (χ2v) is 7.06. The summed E-state index contributed by atoms with van der Waals surface area (Å²) in [5.74, 6) is -0.406. The third-order valence-electron chi connectivity index (χ3n) is 4.85. The Balaban J connectivity index is 1.58. The summed E-state index contributed by atoms with van der Waals surface area (Å²) in [6.07, 6.45) is -2.86. The van der Waals surface area contributed by atoms with Crippen molar-refractivity contribution < 1.29 is 18.0 Å². The van der Waals surface area contributed by atoms with Gasteiger partial charge in [0.15, 0.2) is 0 Å². The molecule has 1 heterocycles. The highest BCUT2D eigenvalue weighted by Crippen LogP contribution is 2.31. The van der Waals surface area contributed by atoms with Gasteiger partial charge in [-0.1, -0.05) is 18.2 Å². The molecule has 0 aliphatic rings. The van der Waals surface area contributed by atoms with Crippen LogP contribution in [0.5, 0.6) is 0 Å². The normalized spacial score (nSPS) is 11.5. The molecule has 4 aromatic rings. The molecule has 0 aliphatic carbocycles. The Bertz CT molecular complexity index is 1300. The molecule has 0 unspecified atom stereocenters. The number of hydrogen-bond acceptors (Lipinski definition) is 4. The molecule has 0 spiro atoms. The number of carbonyl (C=O) groups excluding carboxylic acids is 1. The monoisotopic (exact) mass is 422 g/mol. The molecule has 3 aromatic carbocycles. The third kappa shape index (κ3) is 4.32. The van der Waals surface area contributed by atoms with Crippen molar-refractivity contribution in [2.45, 2.75) is 13.1 Å². The van der Waals surface area contributed by atoms with Gasteiger partial charge in [0.05, 0.1) is 11.1 Å². The van der Waals surface area contributed by atoms with Crippen molar-refractivity contribution in [2.75, 3.05) is 11.1 Å². The van der Waals surface area contributed by atoms with E-state index >= 15 is 0 Å². The van der Waals surface area contributed by atoms with Gasteiger partial charge >= 0.3 is 6.18 Å². The fraction of sp³-hybridized carbons (Fsp3) is 0.0870. The third-order valence-corrected chi connectivity index (χ3v) is 4.85. The van der Waals surface area contributed by atoms with Crippen LogP contribution in [-0.4, -0.2) is 15.9 Å². The van der Waals surface area contributed by atoms with Crippen molar-refractivity contribution in [3.05, 3.63) is 83.6 Å². The molecule has 0 aliphatic heterocycles. The molecule has 0 radical (unpaired) electrons. The number of nitrogens with two attached hydrogens (primary N) is 1. The first kappa shape index (κ1) is 20.3. The summed E-state index contributed by atoms with van der Waals surface area (Å²) in [4.78, 5) is 20.6. The quantitative estimate of drug-likeness (QED) is 0.460. The highest BCUT2D eigenvalue weighted by molar-refractivity contribution is 6.04. The molecule has 8 heteroatoms. The summed E-state index contributed by atoms with van der Waals surface area (Å²) in [5.41, 5.74) is 8.67. The van der Waals surface area contributed by atoms with E-state index in [1.807, 2.05) is 31.2 Å². The number of nitrogen functional groups attached to an aromatic ring is 1. The SMILES string of the molecule is Cc1cc(NC(=O)c2cccc(C(F)(F)F)c2)ccc1-c1ccc2nc(N)ncc2c1. The first-order valence-corrected chi connectivity index (χ1v) is 9.32. The summed E-state index contributed by atoms with van der Waals surface area (Å²) in [7, 11) is 0. The van der Waals surface area contributed by atoms with Gasteiger partial charge in [0.25, 0.3) is 5.91 Å². The van der Waals surface area contributed by atoms with E-state index in [1.165, 1.54) is 12.1 Å². The van der Waals surface area contributed by atoms with Crippen LogP contribution in [-0.2, 0) is 6.18 Å². The molecule has 0 saturated carbocycles. The largest absolute Gasteiger partial charge is 0.416 e. The van der Waals surface area contributed by atoms with E-state index in [0.29, 0.717) is 5.69 Å². The van der Waals surface area contributed by atoms with Crippen molar-refractivity contribution in [1.29, 1.82) is 0 Å². The summed E-state index contributed by atoms with van der Waals surface area (Å²) < 4.78 is 38.7. The lowest BCUT2D eigenvalue weighted by atomic mass is 9.98. The molecule has 1 aromatic heterocycles. The number of alkyl halides is 3. The van der Waals surface area contributed by atoms with E-state index in [0.717, 1.165) is 39.7 Å². The number of aryl methyl sites for hydroxylation is 1. The Hall–Kier alpha value is -3.94. The highest BCUT2D eigenvalue weighted by Gasteiger charge is 2.30. The number of halogens is 3. The number of rotatable bonds is 3. The lowest BCUT2D eigenvalue weighted by Crippen LogP contribution is -2.14. The topological polar surface area (TPSA) is 80.9 Å². The van der Waals surface area contributed by atoms with E-state index < -0.39 is 17.6 Å². The van der Waals surface area contributed by atoms with Crippen molar-refractivity contribution in [2.24, 2.45) is 0 Å². The number of amides is 1. The molecule has 31 heavy (non-hydrogen) atoms. The molecule has 156 valence electrons. The smallest absolute Gasteiger partial charge is 0.368 e. The van der Waals surface area contributed by atoms with Crippen LogP contribution in [0.2, 0.25) is 0 Å². The van der Waals surface area contributed by atoms with Crippen LogP contribution in [0, 0.1) is 6.92 Å². The summed E-state index contributed by atoms with van der Waals surface area (Å²) in [6.45, 7) is 1.89. The summed E-state index contributed by atoms with van der Waals surface area (Å²) in [5, 5.41) is 3.49. The number of aromatic nitrogens is 2. The lowest BCUT2D eigenvalue weighted by Gasteiger charge is -2.12. The summed E-state index contributed by atoms with van der Waals surface area (Å²) in [6, 6.07) is 15.3. The van der Waals surface area contributed by atoms with E-state index in [4.69, 9.17) is 5.73 Å². The number of anilines is 2. The van der Waals surface area contributed by atoms with Gasteiger partial charge in [-0.05, 0) is 66.1 Å². The molecule has 4 rings (SSSR count). The van der Waals surface area contributed by atoms with Gasteiger partial charge in [-0.25, -0.2) is 9.97 Å². The zero-order valence-corrected chi connectivity index (χ0v) is 16.4. The Morgan fingerprint density at radius 3 is 2.58 bits per heavy atom. The van der Waals surface area contributed by atoms with E-state index in [-0.39, 0.29) is 11.5 Å². The fourth-order valence-corrected chi connectivity index (χ4v) is 3.32. The second kappa shape index (κ2) is 7.71. The van der Waals surface area contributed by atoms with Crippen molar-refractivity contribution in [3.63, 3.8) is 0 Å². The molecule has 0 saturated heterocycles. The molecule has 0 fully saturated rings. The minimum Gasteiger partial charge on any atom is -0.368 e. The van der Waals surface area contributed by atoms with Gasteiger partial charge in [-0.3, -0.25) is 4.79 Å². The van der Waals surface area contributed by atoms with E-state index in [1.54, 1.807) is 18.3 Å². The summed E-state index contributed by atoms with van der Waals surface area (Å²) >= 11 is 0. The van der Waals surface area contributed by atoms with Crippen LogP contribution in [0.1, 0.15) is 21.5 Å². The molecular weight excluding hydrogens is 405 g/mol. The van der Waals surface area contributed by atoms with Crippen molar-refractivity contribution >= 4 is 28.4 Å². The standard InChI is InChI=1S/C23H17F3N4O/c1-13-9-18(29-21(31)15-3-2-4-17(11-15)23(24,25)26)6-7-19(13)14-5-8-20-16(10-14)12-28-22(27)30-20/h2-12H,1H3,(H,29,31)(H2,27,28,30). The van der Waals surface area contributed by atoms with Gasteiger partial charge in [0, 0.05) is 22.8 Å². The molecule has 5 nitrogen and oxygen atoms in total. The zero-order chi connectivity index (χ0) is 22.2. The van der Waals surface area contributed by atoms with Gasteiger partial charge in [-0.15, -0.1) is 0 Å². The molecule has 1 amide bonds. The van der Waals surface area contributed by atoms with Gasteiger partial charge in [0.1, 0.15) is 0 Å². The van der Waals surface area contributed by atoms with Crippen LogP contribution in [0.3, 0.4) is 0 Å². The zero-order valence-electron chi connectivity index (χ0n) is 16.4. The Morgan fingerprint density at radius 1 is 1.03 bits per heavy atom. The van der Waals surface area contributed by atoms with Crippen molar-refractivity contribution in [3.8, 4) is 11.1 Å². The Labute approximate surface area is 175 Å². The Morgan fingerprint density at radius 2 is 1.84 bits per heavy atom. The number of nitrogens with zero attached hydrogens (tertiary/aromatic N) is 2. The maximum absolute atomic E-state index is 12.9. The first-order chi connectivity index (χ1) is 14.7. The van der Waals surface area contributed by atoms with Gasteiger partial charge < -0.3 is 11.1 Å². The Kier molecular flexibility index (Phi) is 5.06. The fourth-order valence-electron chi connectivity index (χ4n) is 3.32. The average Bonchev–Trinajstić information content (AvgIpc) is 2.73. The number of hydrogen-bond donors (Lipinski definition) is 2. The van der Waals surface area contributed by atoms with Crippen LogP contribution in [0.4, 0.5) is 24.8 Å². The predicted molar refractivity (Wildman–Crippen MR) is 114 cm³/mol. The maximum Gasteiger partial charge on any atom is 0.416 e. The molecular formula is C23H17F3N4O. The van der Waals surface area contributed by atoms with Crippen LogP contribution < -0.4 is 11.1 Å². The average molecular weight is 422 g/mol. The molecule has 0 bridgehead atoms. The minimum atomic E-state index is -4.51. The predicted octanol–water partition coefficient (Wildman–Crippen LogP) is 5.46. The number of carbonyl (C=O) groups is 1. The van der Waals surface area contributed by atoms with Crippen LogP contribution in [0.15, 0.2) is 66.9 Å². The number of benzene rings is 3. The first-order valence-electron chi connectivity index (χ1n) is 9.32. The minimum absolute atomic E-state index is 0.0645. The van der Waals surface area contributed by atoms with E-state index in [2.05, 4.69) is 15.3 Å². The number of fused-ring (bicyclic) bond motifs is 1. The maximum atomic E-state index is 12.9. The van der Waals surface area contributed by atoms with Crippen LogP contribution >= 0.6 is 0 Å². The molecule has 0 atom stereocenters. The van der Waals surface area contributed by atoms with Crippen LogP contribution in [0.25, 0.3) is 22.0 Å². The highest BCUT2D eigenvalue weighted by atomic mass is 19.4. The van der Waals surface area contributed by atoms with Gasteiger partial charge in [0.2, 0.25) is 5.95 Å².